The highest BCUT2D eigenvalue weighted by molar-refractivity contribution is 5.40. The van der Waals surface area contributed by atoms with E-state index in [1.54, 1.807) is 12.3 Å². The Hall–Kier alpha value is -1.74. The standard InChI is InChI=1S/C16H19FN2/c1-10-7-11(2)15(14(17)8-10)16(18-4)13-5-6-19-12(3)9-13/h5-9,16,18H,1-4H3. The first-order valence-corrected chi connectivity index (χ1v) is 6.39. The summed E-state index contributed by atoms with van der Waals surface area (Å²) in [6.45, 7) is 5.79. The number of hydrogen-bond donors (Lipinski definition) is 1. The van der Waals surface area contributed by atoms with Crippen molar-refractivity contribution in [1.82, 2.24) is 10.3 Å². The van der Waals surface area contributed by atoms with E-state index in [0.717, 1.165) is 22.4 Å². The van der Waals surface area contributed by atoms with Crippen LogP contribution in [-0.4, -0.2) is 12.0 Å². The van der Waals surface area contributed by atoms with Crippen molar-refractivity contribution in [2.75, 3.05) is 7.05 Å². The molecule has 100 valence electrons. The molecule has 0 saturated carbocycles. The molecule has 1 unspecified atom stereocenters. The summed E-state index contributed by atoms with van der Waals surface area (Å²) in [5.41, 5.74) is 4.58. The number of rotatable bonds is 3. The lowest BCUT2D eigenvalue weighted by Crippen LogP contribution is -2.20. The molecule has 2 rings (SSSR count). The number of halogens is 1. The predicted molar refractivity (Wildman–Crippen MR) is 75.8 cm³/mol. The van der Waals surface area contributed by atoms with Crippen LogP contribution in [0.4, 0.5) is 4.39 Å². The quantitative estimate of drug-likeness (QED) is 0.912. The fourth-order valence-corrected chi connectivity index (χ4v) is 2.52. The molecule has 0 aliphatic heterocycles. The Labute approximate surface area is 113 Å². The van der Waals surface area contributed by atoms with E-state index in [1.165, 1.54) is 0 Å². The van der Waals surface area contributed by atoms with Crippen molar-refractivity contribution < 1.29 is 4.39 Å². The molecule has 0 bridgehead atoms. The summed E-state index contributed by atoms with van der Waals surface area (Å²) >= 11 is 0. The Morgan fingerprint density at radius 1 is 1.16 bits per heavy atom. The second kappa shape index (κ2) is 5.49. The Balaban J connectivity index is 2.54. The Morgan fingerprint density at radius 3 is 2.47 bits per heavy atom. The van der Waals surface area contributed by atoms with E-state index in [-0.39, 0.29) is 11.9 Å². The van der Waals surface area contributed by atoms with E-state index in [9.17, 15) is 4.39 Å². The first-order chi connectivity index (χ1) is 9.02. The van der Waals surface area contributed by atoms with Crippen LogP contribution in [-0.2, 0) is 0 Å². The smallest absolute Gasteiger partial charge is 0.128 e. The summed E-state index contributed by atoms with van der Waals surface area (Å²) < 4.78 is 14.3. The molecule has 0 fully saturated rings. The van der Waals surface area contributed by atoms with Crippen molar-refractivity contribution in [2.24, 2.45) is 0 Å². The van der Waals surface area contributed by atoms with E-state index in [2.05, 4.69) is 10.3 Å². The van der Waals surface area contributed by atoms with Crippen LogP contribution >= 0.6 is 0 Å². The maximum absolute atomic E-state index is 14.3. The maximum Gasteiger partial charge on any atom is 0.128 e. The third kappa shape index (κ3) is 2.82. The van der Waals surface area contributed by atoms with Gasteiger partial charge in [-0.3, -0.25) is 4.98 Å². The number of aromatic nitrogens is 1. The Morgan fingerprint density at radius 2 is 1.89 bits per heavy atom. The lowest BCUT2D eigenvalue weighted by molar-refractivity contribution is 0.571. The second-order valence-electron chi connectivity index (χ2n) is 4.93. The molecular weight excluding hydrogens is 239 g/mol. The number of nitrogens with zero attached hydrogens (tertiary/aromatic N) is 1. The number of pyridine rings is 1. The Kier molecular flexibility index (Phi) is 3.96. The van der Waals surface area contributed by atoms with E-state index in [4.69, 9.17) is 0 Å². The first-order valence-electron chi connectivity index (χ1n) is 6.39. The van der Waals surface area contributed by atoms with Crippen molar-refractivity contribution in [3.63, 3.8) is 0 Å². The van der Waals surface area contributed by atoms with Crippen LogP contribution < -0.4 is 5.32 Å². The van der Waals surface area contributed by atoms with Gasteiger partial charge in [-0.05, 0) is 62.7 Å². The molecule has 0 amide bonds. The van der Waals surface area contributed by atoms with Gasteiger partial charge in [-0.1, -0.05) is 6.07 Å². The van der Waals surface area contributed by atoms with E-state index >= 15 is 0 Å². The van der Waals surface area contributed by atoms with E-state index < -0.39 is 0 Å². The van der Waals surface area contributed by atoms with Gasteiger partial charge in [0.1, 0.15) is 5.82 Å². The van der Waals surface area contributed by atoms with Crippen LogP contribution in [0.25, 0.3) is 0 Å². The normalized spacial score (nSPS) is 12.5. The minimum atomic E-state index is -0.161. The second-order valence-corrected chi connectivity index (χ2v) is 4.93. The van der Waals surface area contributed by atoms with Gasteiger partial charge in [-0.2, -0.15) is 0 Å². The van der Waals surface area contributed by atoms with Crippen LogP contribution in [0, 0.1) is 26.6 Å². The molecule has 1 N–H and O–H groups in total. The van der Waals surface area contributed by atoms with Crippen molar-refractivity contribution in [2.45, 2.75) is 26.8 Å². The zero-order chi connectivity index (χ0) is 14.0. The molecule has 1 aromatic carbocycles. The zero-order valence-electron chi connectivity index (χ0n) is 11.8. The molecule has 1 aromatic heterocycles. The van der Waals surface area contributed by atoms with Gasteiger partial charge in [0.2, 0.25) is 0 Å². The highest BCUT2D eigenvalue weighted by Crippen LogP contribution is 2.28. The fourth-order valence-electron chi connectivity index (χ4n) is 2.52. The minimum absolute atomic E-state index is 0.151. The molecular formula is C16H19FN2. The SMILES string of the molecule is CNC(c1ccnc(C)c1)c1c(C)cc(C)cc1F. The van der Waals surface area contributed by atoms with Crippen LogP contribution in [0.5, 0.6) is 0 Å². The van der Waals surface area contributed by atoms with Crippen LogP contribution in [0.1, 0.15) is 34.0 Å². The molecule has 0 radical (unpaired) electrons. The number of aryl methyl sites for hydroxylation is 3. The van der Waals surface area contributed by atoms with Crippen molar-refractivity contribution in [1.29, 1.82) is 0 Å². The lowest BCUT2D eigenvalue weighted by Gasteiger charge is -2.21. The predicted octanol–water partition coefficient (Wildman–Crippen LogP) is 3.45. The zero-order valence-corrected chi connectivity index (χ0v) is 11.8. The summed E-state index contributed by atoms with van der Waals surface area (Å²) in [6.07, 6.45) is 1.76. The number of hydrogen-bond acceptors (Lipinski definition) is 2. The van der Waals surface area contributed by atoms with Crippen LogP contribution in [0.15, 0.2) is 30.5 Å². The summed E-state index contributed by atoms with van der Waals surface area (Å²) in [5.74, 6) is -0.161. The highest BCUT2D eigenvalue weighted by Gasteiger charge is 2.19. The van der Waals surface area contributed by atoms with E-state index in [1.807, 2.05) is 46.0 Å². The summed E-state index contributed by atoms with van der Waals surface area (Å²) in [6, 6.07) is 7.35. The minimum Gasteiger partial charge on any atom is -0.309 e. The molecule has 3 heteroatoms. The van der Waals surface area contributed by atoms with Crippen molar-refractivity contribution >= 4 is 0 Å². The molecule has 19 heavy (non-hydrogen) atoms. The van der Waals surface area contributed by atoms with Gasteiger partial charge in [-0.15, -0.1) is 0 Å². The molecule has 1 atom stereocenters. The first kappa shape index (κ1) is 13.7. The third-order valence-electron chi connectivity index (χ3n) is 3.31. The molecule has 0 aliphatic carbocycles. The van der Waals surface area contributed by atoms with Crippen molar-refractivity contribution in [3.05, 3.63) is 64.2 Å². The van der Waals surface area contributed by atoms with Gasteiger partial charge < -0.3 is 5.32 Å². The van der Waals surface area contributed by atoms with Crippen LogP contribution in [0.2, 0.25) is 0 Å². The molecule has 0 saturated heterocycles. The molecule has 2 aromatic rings. The van der Waals surface area contributed by atoms with Gasteiger partial charge in [-0.25, -0.2) is 4.39 Å². The van der Waals surface area contributed by atoms with Crippen molar-refractivity contribution in [3.8, 4) is 0 Å². The van der Waals surface area contributed by atoms with E-state index in [0.29, 0.717) is 5.56 Å². The molecule has 1 heterocycles. The summed E-state index contributed by atoms with van der Waals surface area (Å²) in [4.78, 5) is 4.19. The largest absolute Gasteiger partial charge is 0.309 e. The number of nitrogens with one attached hydrogen (secondary N) is 1. The van der Waals surface area contributed by atoms with Gasteiger partial charge in [0.25, 0.3) is 0 Å². The topological polar surface area (TPSA) is 24.9 Å². The van der Waals surface area contributed by atoms with Gasteiger partial charge >= 0.3 is 0 Å². The summed E-state index contributed by atoms with van der Waals surface area (Å²) in [5, 5.41) is 3.20. The maximum atomic E-state index is 14.3. The average Bonchev–Trinajstić information content (AvgIpc) is 2.33. The third-order valence-corrected chi connectivity index (χ3v) is 3.31. The average molecular weight is 258 g/mol. The summed E-state index contributed by atoms with van der Waals surface area (Å²) in [7, 11) is 1.85. The highest BCUT2D eigenvalue weighted by atomic mass is 19.1. The molecule has 2 nitrogen and oxygen atoms in total. The van der Waals surface area contributed by atoms with Gasteiger partial charge in [0.05, 0.1) is 6.04 Å². The van der Waals surface area contributed by atoms with Gasteiger partial charge in [0.15, 0.2) is 0 Å². The molecule has 0 spiro atoms. The monoisotopic (exact) mass is 258 g/mol. The van der Waals surface area contributed by atoms with Crippen LogP contribution in [0.3, 0.4) is 0 Å². The molecule has 0 aliphatic rings. The van der Waals surface area contributed by atoms with Gasteiger partial charge in [0, 0.05) is 17.5 Å². The Bertz CT molecular complexity index is 570. The fraction of sp³-hybridized carbons (Fsp3) is 0.312. The number of benzene rings is 1. The lowest BCUT2D eigenvalue weighted by atomic mass is 9.93.